The van der Waals surface area contributed by atoms with Gasteiger partial charge in [-0.3, -0.25) is 4.90 Å². The lowest BCUT2D eigenvalue weighted by molar-refractivity contribution is 0.151. The van der Waals surface area contributed by atoms with Crippen LogP contribution < -0.4 is 4.90 Å². The van der Waals surface area contributed by atoms with Gasteiger partial charge in [-0.2, -0.15) is 0 Å². The van der Waals surface area contributed by atoms with Crippen LogP contribution in [-0.2, 0) is 6.42 Å². The van der Waals surface area contributed by atoms with Crippen LogP contribution in [0.1, 0.15) is 17.6 Å². The van der Waals surface area contributed by atoms with E-state index in [4.69, 9.17) is 5.11 Å². The molecular weight excluding hydrogens is 204 g/mol. The molecule has 1 amide bonds. The Bertz CT molecular complexity index is 406. The predicted octanol–water partition coefficient (Wildman–Crippen LogP) is 2.66. The number of halogens is 2. The first-order valence-corrected chi connectivity index (χ1v) is 4.51. The van der Waals surface area contributed by atoms with Gasteiger partial charge in [0.25, 0.3) is 6.43 Å². The molecule has 1 aliphatic heterocycles. The monoisotopic (exact) mass is 213 g/mol. The van der Waals surface area contributed by atoms with Gasteiger partial charge >= 0.3 is 6.09 Å². The quantitative estimate of drug-likeness (QED) is 0.779. The van der Waals surface area contributed by atoms with Gasteiger partial charge in [-0.15, -0.1) is 0 Å². The summed E-state index contributed by atoms with van der Waals surface area (Å²) in [5.41, 5.74) is 1.14. The van der Waals surface area contributed by atoms with E-state index >= 15 is 0 Å². The average molecular weight is 213 g/mol. The van der Waals surface area contributed by atoms with Gasteiger partial charge in [-0.25, -0.2) is 13.6 Å². The molecule has 1 heterocycles. The minimum atomic E-state index is -2.51. The molecule has 0 radical (unpaired) electrons. The van der Waals surface area contributed by atoms with Crippen molar-refractivity contribution in [1.29, 1.82) is 0 Å². The van der Waals surface area contributed by atoms with Crippen molar-refractivity contribution in [3.8, 4) is 0 Å². The van der Waals surface area contributed by atoms with Gasteiger partial charge in [0.05, 0.1) is 5.69 Å². The van der Waals surface area contributed by atoms with Crippen LogP contribution in [0.2, 0.25) is 0 Å². The molecule has 2 rings (SSSR count). The minimum absolute atomic E-state index is 0.0546. The van der Waals surface area contributed by atoms with Gasteiger partial charge in [0.2, 0.25) is 0 Å². The van der Waals surface area contributed by atoms with Gasteiger partial charge < -0.3 is 5.11 Å². The Morgan fingerprint density at radius 1 is 1.47 bits per heavy atom. The van der Waals surface area contributed by atoms with E-state index in [2.05, 4.69) is 0 Å². The van der Waals surface area contributed by atoms with Crippen LogP contribution in [0.3, 0.4) is 0 Å². The maximum Gasteiger partial charge on any atom is 0.411 e. The standard InChI is InChI=1S/C10H9F2NO2/c11-9(12)7-1-2-8-6(5-7)3-4-13(8)10(14)15/h1-2,5,9H,3-4H2,(H,14,15). The number of nitrogens with zero attached hydrogens (tertiary/aromatic N) is 1. The van der Waals surface area contributed by atoms with Crippen molar-refractivity contribution in [2.24, 2.45) is 0 Å². The Kier molecular flexibility index (Phi) is 2.30. The molecule has 80 valence electrons. The van der Waals surface area contributed by atoms with Crippen LogP contribution >= 0.6 is 0 Å². The number of hydrogen-bond donors (Lipinski definition) is 1. The minimum Gasteiger partial charge on any atom is -0.465 e. The third-order valence-electron chi connectivity index (χ3n) is 2.48. The van der Waals surface area contributed by atoms with E-state index in [0.717, 1.165) is 0 Å². The van der Waals surface area contributed by atoms with Crippen molar-refractivity contribution in [2.75, 3.05) is 11.4 Å². The summed E-state index contributed by atoms with van der Waals surface area (Å²) in [5.74, 6) is 0. The maximum atomic E-state index is 12.4. The number of carbonyl (C=O) groups is 1. The zero-order chi connectivity index (χ0) is 11.0. The normalized spacial score (nSPS) is 14.5. The second-order valence-electron chi connectivity index (χ2n) is 3.37. The molecule has 0 atom stereocenters. The number of benzene rings is 1. The average Bonchev–Trinajstić information content (AvgIpc) is 2.59. The zero-order valence-electron chi connectivity index (χ0n) is 7.78. The van der Waals surface area contributed by atoms with Gasteiger partial charge in [0.15, 0.2) is 0 Å². The largest absolute Gasteiger partial charge is 0.465 e. The number of rotatable bonds is 1. The summed E-state index contributed by atoms with van der Waals surface area (Å²) in [4.78, 5) is 11.9. The zero-order valence-corrected chi connectivity index (χ0v) is 7.78. The summed E-state index contributed by atoms with van der Waals surface area (Å²) in [6.07, 6.45) is -3.05. The molecule has 1 N–H and O–H groups in total. The van der Waals surface area contributed by atoms with Crippen molar-refractivity contribution in [3.05, 3.63) is 29.3 Å². The van der Waals surface area contributed by atoms with Gasteiger partial charge in [0.1, 0.15) is 0 Å². The fraction of sp³-hybridized carbons (Fsp3) is 0.300. The Hall–Kier alpha value is -1.65. The summed E-state index contributed by atoms with van der Waals surface area (Å²) in [6, 6.07) is 4.09. The first-order valence-electron chi connectivity index (χ1n) is 4.51. The van der Waals surface area contributed by atoms with E-state index < -0.39 is 12.5 Å². The number of carboxylic acid groups (broad SMARTS) is 1. The Morgan fingerprint density at radius 3 is 2.80 bits per heavy atom. The summed E-state index contributed by atoms with van der Waals surface area (Å²) < 4.78 is 24.7. The van der Waals surface area contributed by atoms with Crippen molar-refractivity contribution >= 4 is 11.8 Å². The number of amides is 1. The first-order chi connectivity index (χ1) is 7.09. The lowest BCUT2D eigenvalue weighted by atomic mass is 10.1. The summed E-state index contributed by atoms with van der Waals surface area (Å²) in [5, 5.41) is 8.82. The molecule has 0 unspecified atom stereocenters. The third kappa shape index (κ3) is 1.65. The van der Waals surface area contributed by atoms with E-state index in [1.54, 1.807) is 0 Å². The number of fused-ring (bicyclic) bond motifs is 1. The highest BCUT2D eigenvalue weighted by molar-refractivity contribution is 5.88. The molecule has 15 heavy (non-hydrogen) atoms. The van der Waals surface area contributed by atoms with Crippen LogP contribution in [-0.4, -0.2) is 17.7 Å². The highest BCUT2D eigenvalue weighted by Gasteiger charge is 2.24. The highest BCUT2D eigenvalue weighted by atomic mass is 19.3. The smallest absolute Gasteiger partial charge is 0.411 e. The maximum absolute atomic E-state index is 12.4. The molecular formula is C10H9F2NO2. The highest BCUT2D eigenvalue weighted by Crippen LogP contribution is 2.31. The molecule has 1 aliphatic rings. The van der Waals surface area contributed by atoms with Gasteiger partial charge in [0, 0.05) is 12.1 Å². The predicted molar refractivity (Wildman–Crippen MR) is 50.5 cm³/mol. The van der Waals surface area contributed by atoms with E-state index in [0.29, 0.717) is 24.2 Å². The molecule has 0 aromatic heterocycles. The van der Waals surface area contributed by atoms with E-state index in [9.17, 15) is 13.6 Å². The van der Waals surface area contributed by atoms with Gasteiger partial charge in [-0.1, -0.05) is 6.07 Å². The molecule has 0 saturated heterocycles. The van der Waals surface area contributed by atoms with Gasteiger partial charge in [-0.05, 0) is 24.1 Å². The van der Waals surface area contributed by atoms with Crippen LogP contribution in [0, 0.1) is 0 Å². The Labute approximate surface area is 84.9 Å². The van der Waals surface area contributed by atoms with Crippen molar-refractivity contribution < 1.29 is 18.7 Å². The summed E-state index contributed by atoms with van der Waals surface area (Å²) >= 11 is 0. The lowest BCUT2D eigenvalue weighted by Gasteiger charge is -2.12. The van der Waals surface area contributed by atoms with Crippen molar-refractivity contribution in [1.82, 2.24) is 0 Å². The van der Waals surface area contributed by atoms with Crippen molar-refractivity contribution in [3.63, 3.8) is 0 Å². The molecule has 1 aromatic rings. The second kappa shape index (κ2) is 3.49. The second-order valence-corrected chi connectivity index (χ2v) is 3.37. The molecule has 1 aromatic carbocycles. The van der Waals surface area contributed by atoms with Crippen LogP contribution in [0.4, 0.5) is 19.3 Å². The number of alkyl halides is 2. The third-order valence-corrected chi connectivity index (χ3v) is 2.48. The summed E-state index contributed by atoms with van der Waals surface area (Å²) in [7, 11) is 0. The molecule has 0 spiro atoms. The molecule has 0 bridgehead atoms. The van der Waals surface area contributed by atoms with Crippen LogP contribution in [0.15, 0.2) is 18.2 Å². The number of hydrogen-bond acceptors (Lipinski definition) is 1. The van der Waals surface area contributed by atoms with Crippen molar-refractivity contribution in [2.45, 2.75) is 12.8 Å². The molecule has 0 saturated carbocycles. The Morgan fingerprint density at radius 2 is 2.20 bits per heavy atom. The van der Waals surface area contributed by atoms with E-state index in [1.807, 2.05) is 0 Å². The molecule has 0 fully saturated rings. The van der Waals surface area contributed by atoms with Crippen LogP contribution in [0.5, 0.6) is 0 Å². The SMILES string of the molecule is O=C(O)N1CCc2cc(C(F)F)ccc21. The van der Waals surface area contributed by atoms with E-state index in [1.165, 1.54) is 23.1 Å². The molecule has 5 heteroatoms. The molecule has 3 nitrogen and oxygen atoms in total. The Balaban J connectivity index is 2.37. The summed E-state index contributed by atoms with van der Waals surface area (Å²) in [6.45, 7) is 0.345. The topological polar surface area (TPSA) is 40.5 Å². The lowest BCUT2D eigenvalue weighted by Crippen LogP contribution is -2.26. The molecule has 0 aliphatic carbocycles. The fourth-order valence-electron chi connectivity index (χ4n) is 1.76. The number of anilines is 1. The first kappa shape index (κ1) is 9.89. The van der Waals surface area contributed by atoms with Crippen LogP contribution in [0.25, 0.3) is 0 Å². The van der Waals surface area contributed by atoms with E-state index in [-0.39, 0.29) is 5.56 Å². The fourth-order valence-corrected chi connectivity index (χ4v) is 1.76.